The zero-order chi connectivity index (χ0) is 71.8. The van der Waals surface area contributed by atoms with E-state index in [0.29, 0.717) is 25.7 Å². The molecule has 0 rings (SSSR count). The summed E-state index contributed by atoms with van der Waals surface area (Å²) in [5.74, 6) is -2.18. The molecule has 0 bridgehead atoms. The van der Waals surface area contributed by atoms with Crippen LogP contribution >= 0.6 is 15.6 Å². The van der Waals surface area contributed by atoms with E-state index in [2.05, 4.69) is 88.5 Å². The predicted octanol–water partition coefficient (Wildman–Crippen LogP) is 22.7. The van der Waals surface area contributed by atoms with Crippen molar-refractivity contribution in [2.75, 3.05) is 39.6 Å². The molecule has 0 fully saturated rings. The number of allylic oxidation sites excluding steroid dienone is 10. The zero-order valence-corrected chi connectivity index (χ0v) is 64.3. The van der Waals surface area contributed by atoms with Gasteiger partial charge in [-0.25, -0.2) is 9.13 Å². The van der Waals surface area contributed by atoms with E-state index >= 15 is 0 Å². The molecule has 0 aliphatic rings. The number of aliphatic hydroxyl groups is 1. The van der Waals surface area contributed by atoms with Crippen LogP contribution in [0.1, 0.15) is 362 Å². The van der Waals surface area contributed by atoms with E-state index in [4.69, 9.17) is 37.0 Å². The van der Waals surface area contributed by atoms with Crippen molar-refractivity contribution < 1.29 is 80.2 Å². The summed E-state index contributed by atoms with van der Waals surface area (Å²) in [5, 5.41) is 10.6. The van der Waals surface area contributed by atoms with Gasteiger partial charge in [-0.05, 0) is 135 Å². The van der Waals surface area contributed by atoms with E-state index in [1.807, 2.05) is 0 Å². The van der Waals surface area contributed by atoms with Crippen molar-refractivity contribution in [1.82, 2.24) is 0 Å². The molecule has 19 heteroatoms. The lowest BCUT2D eigenvalue weighted by atomic mass is 10.1. The number of unbranched alkanes of at least 4 members (excludes halogenated alkanes) is 39. The highest BCUT2D eigenvalue weighted by molar-refractivity contribution is 7.47. The van der Waals surface area contributed by atoms with Crippen LogP contribution in [0.15, 0.2) is 60.8 Å². The first-order chi connectivity index (χ1) is 47.7. The summed E-state index contributed by atoms with van der Waals surface area (Å²) in [4.78, 5) is 72.9. The summed E-state index contributed by atoms with van der Waals surface area (Å²) < 4.78 is 68.5. The number of carbonyl (C=O) groups excluding carboxylic acids is 4. The molecule has 0 aromatic carbocycles. The van der Waals surface area contributed by atoms with Crippen molar-refractivity contribution in [3.8, 4) is 0 Å². The lowest BCUT2D eigenvalue weighted by Crippen LogP contribution is -2.30. The van der Waals surface area contributed by atoms with Gasteiger partial charge in [0.15, 0.2) is 12.2 Å². The zero-order valence-electron chi connectivity index (χ0n) is 62.5. The standard InChI is InChI=1S/C79H144O17P2/c1-5-9-13-17-21-25-29-33-36-40-43-47-51-55-59-63-76(81)89-69-74(95-78(83)65-61-57-53-49-45-39-32-28-24-20-16-12-8-4)71-93-97(85,86)91-67-73(80)68-92-98(87,88)94-72-75(96-79(84)66-62-58-54-50-46-42-38-35-31-27-23-19-15-11-7-3)70-90-77(82)64-60-56-52-48-44-41-37-34-30-26-22-18-14-10-6-2/h22,25-26,28-29,32,34-35,37-38,73-75,80H,5-21,23-24,27,30-31,33,36,39-72H2,1-4H3,(H,85,86)(H,87,88)/b26-22-,29-25-,32-28-,37-34-,38-35-/t73?,74-,75-/m1/s1. The van der Waals surface area contributed by atoms with Crippen molar-refractivity contribution >= 4 is 39.5 Å². The molecule has 0 saturated heterocycles. The SMILES string of the molecule is CCCCC/C=C\C/C=C\CCCCCCCC(=O)OC[C@H](COP(=O)(O)OCC(O)COP(=O)(O)OC[C@@H](COC(=O)CCCCCCCCC/C=C\CCCCCC)OC(=O)CCCCCCC/C=C\CCCCCC)OC(=O)CCCCCCC/C=C\CCCCCCCC. The van der Waals surface area contributed by atoms with Gasteiger partial charge in [0, 0.05) is 25.7 Å². The Kier molecular flexibility index (Phi) is 69.7. The van der Waals surface area contributed by atoms with E-state index in [0.717, 1.165) is 161 Å². The topological polar surface area (TPSA) is 237 Å². The lowest BCUT2D eigenvalue weighted by Gasteiger charge is -2.21. The van der Waals surface area contributed by atoms with Crippen LogP contribution in [0.25, 0.3) is 0 Å². The van der Waals surface area contributed by atoms with Crippen molar-refractivity contribution in [2.24, 2.45) is 0 Å². The first-order valence-electron chi connectivity index (χ1n) is 39.5. The van der Waals surface area contributed by atoms with Gasteiger partial charge in [-0.1, -0.05) is 262 Å². The van der Waals surface area contributed by atoms with Gasteiger partial charge in [-0.3, -0.25) is 37.3 Å². The minimum Gasteiger partial charge on any atom is -0.462 e. The number of hydrogen-bond acceptors (Lipinski definition) is 15. The van der Waals surface area contributed by atoms with Crippen molar-refractivity contribution in [3.05, 3.63) is 60.8 Å². The van der Waals surface area contributed by atoms with Gasteiger partial charge in [0.2, 0.25) is 0 Å². The highest BCUT2D eigenvalue weighted by Crippen LogP contribution is 2.45. The minimum absolute atomic E-state index is 0.0856. The molecule has 98 heavy (non-hydrogen) atoms. The molecule has 0 aliphatic carbocycles. The van der Waals surface area contributed by atoms with E-state index in [9.17, 15) is 43.2 Å². The number of phosphoric acid groups is 2. The molecule has 0 aromatic heterocycles. The third-order valence-electron chi connectivity index (χ3n) is 16.9. The molecule has 572 valence electrons. The Hall–Kier alpha value is -3.24. The van der Waals surface area contributed by atoms with Crippen LogP contribution in [0.2, 0.25) is 0 Å². The second-order valence-electron chi connectivity index (χ2n) is 26.6. The number of ether oxygens (including phenoxy) is 4. The second kappa shape index (κ2) is 72.1. The van der Waals surface area contributed by atoms with Gasteiger partial charge in [-0.15, -0.1) is 0 Å². The van der Waals surface area contributed by atoms with Gasteiger partial charge < -0.3 is 33.8 Å². The normalized spacial score (nSPS) is 14.2. The van der Waals surface area contributed by atoms with Crippen LogP contribution in [-0.4, -0.2) is 96.7 Å². The molecule has 0 amide bonds. The number of rotatable bonds is 75. The number of aliphatic hydroxyl groups excluding tert-OH is 1. The molecule has 17 nitrogen and oxygen atoms in total. The molecule has 0 spiro atoms. The van der Waals surface area contributed by atoms with Gasteiger partial charge in [0.1, 0.15) is 19.3 Å². The Labute approximate surface area is 597 Å². The van der Waals surface area contributed by atoms with Crippen LogP contribution < -0.4 is 0 Å². The van der Waals surface area contributed by atoms with Crippen LogP contribution in [-0.2, 0) is 65.4 Å². The molecule has 0 aromatic rings. The first kappa shape index (κ1) is 94.8. The summed E-state index contributed by atoms with van der Waals surface area (Å²) in [6.45, 7) is 4.84. The van der Waals surface area contributed by atoms with Crippen LogP contribution in [0.4, 0.5) is 0 Å². The van der Waals surface area contributed by atoms with Crippen LogP contribution in [0, 0.1) is 0 Å². The fourth-order valence-electron chi connectivity index (χ4n) is 10.8. The number of esters is 4. The van der Waals surface area contributed by atoms with E-state index in [1.165, 1.54) is 122 Å². The number of phosphoric ester groups is 2. The van der Waals surface area contributed by atoms with Crippen molar-refractivity contribution in [3.63, 3.8) is 0 Å². The Morgan fingerprint density at radius 2 is 0.500 bits per heavy atom. The van der Waals surface area contributed by atoms with E-state index in [-0.39, 0.29) is 25.7 Å². The maximum atomic E-state index is 13.1. The molecule has 0 aliphatic heterocycles. The largest absolute Gasteiger partial charge is 0.472 e. The summed E-state index contributed by atoms with van der Waals surface area (Å²) in [6.07, 6.45) is 70.5. The first-order valence-corrected chi connectivity index (χ1v) is 42.5. The maximum Gasteiger partial charge on any atom is 0.472 e. The van der Waals surface area contributed by atoms with E-state index in [1.54, 1.807) is 0 Å². The smallest absolute Gasteiger partial charge is 0.462 e. The average Bonchev–Trinajstić information content (AvgIpc) is 1.04. The predicted molar refractivity (Wildman–Crippen MR) is 400 cm³/mol. The number of hydrogen-bond donors (Lipinski definition) is 3. The minimum atomic E-state index is -4.97. The molecule has 3 N–H and O–H groups in total. The highest BCUT2D eigenvalue weighted by Gasteiger charge is 2.30. The fourth-order valence-corrected chi connectivity index (χ4v) is 12.4. The molecule has 0 radical (unpaired) electrons. The average molecular weight is 1430 g/mol. The summed E-state index contributed by atoms with van der Waals surface area (Å²) >= 11 is 0. The fraction of sp³-hybridized carbons (Fsp3) is 0.823. The monoisotopic (exact) mass is 1430 g/mol. The third-order valence-corrected chi connectivity index (χ3v) is 18.8. The van der Waals surface area contributed by atoms with Gasteiger partial charge in [0.25, 0.3) is 0 Å². The van der Waals surface area contributed by atoms with Crippen LogP contribution in [0.3, 0.4) is 0 Å². The lowest BCUT2D eigenvalue weighted by molar-refractivity contribution is -0.161. The quantitative estimate of drug-likeness (QED) is 0.0169. The van der Waals surface area contributed by atoms with Crippen molar-refractivity contribution in [2.45, 2.75) is 380 Å². The molecule has 5 atom stereocenters. The molecule has 3 unspecified atom stereocenters. The summed E-state index contributed by atoms with van der Waals surface area (Å²) in [5.41, 5.74) is 0. The van der Waals surface area contributed by atoms with E-state index < -0.39 is 97.5 Å². The van der Waals surface area contributed by atoms with Crippen LogP contribution in [0.5, 0.6) is 0 Å². The number of carbonyl (C=O) groups is 4. The third kappa shape index (κ3) is 71.2. The maximum absolute atomic E-state index is 13.1. The Balaban J connectivity index is 5.34. The molecular weight excluding hydrogens is 1280 g/mol. The Morgan fingerprint density at radius 1 is 0.286 bits per heavy atom. The Bertz CT molecular complexity index is 2100. The molecule has 0 heterocycles. The highest BCUT2D eigenvalue weighted by atomic mass is 31.2. The van der Waals surface area contributed by atoms with Crippen molar-refractivity contribution in [1.29, 1.82) is 0 Å². The summed E-state index contributed by atoms with van der Waals surface area (Å²) in [7, 11) is -9.95. The second-order valence-corrected chi connectivity index (χ2v) is 29.5. The molecular formula is C79H144O17P2. The molecule has 0 saturated carbocycles. The summed E-state index contributed by atoms with van der Waals surface area (Å²) in [6, 6.07) is 0. The Morgan fingerprint density at radius 3 is 0.796 bits per heavy atom. The van der Waals surface area contributed by atoms with Gasteiger partial charge in [0.05, 0.1) is 26.4 Å². The van der Waals surface area contributed by atoms with Gasteiger partial charge in [-0.2, -0.15) is 0 Å². The van der Waals surface area contributed by atoms with Gasteiger partial charge >= 0.3 is 39.5 Å².